The van der Waals surface area contributed by atoms with Gasteiger partial charge in [-0.3, -0.25) is 10.1 Å². The SMILES string of the molecule is CCCCCCc1ccc(Oc2ccc([N+](=O)[O-])cc2)cc1. The number of hydrogen-bond acceptors (Lipinski definition) is 3. The lowest BCUT2D eigenvalue weighted by Gasteiger charge is -2.07. The summed E-state index contributed by atoms with van der Waals surface area (Å²) in [4.78, 5) is 10.2. The molecule has 22 heavy (non-hydrogen) atoms. The predicted octanol–water partition coefficient (Wildman–Crippen LogP) is 5.51. The first-order valence-corrected chi connectivity index (χ1v) is 7.70. The van der Waals surface area contributed by atoms with Crippen molar-refractivity contribution in [3.05, 3.63) is 64.2 Å². The van der Waals surface area contributed by atoms with E-state index in [0.29, 0.717) is 5.75 Å². The lowest BCUT2D eigenvalue weighted by atomic mass is 10.1. The Morgan fingerprint density at radius 1 is 0.909 bits per heavy atom. The average molecular weight is 299 g/mol. The average Bonchev–Trinajstić information content (AvgIpc) is 2.54. The van der Waals surface area contributed by atoms with Crippen LogP contribution in [0.4, 0.5) is 5.69 Å². The van der Waals surface area contributed by atoms with E-state index in [-0.39, 0.29) is 5.69 Å². The summed E-state index contributed by atoms with van der Waals surface area (Å²) in [6.45, 7) is 2.21. The van der Waals surface area contributed by atoms with Crippen molar-refractivity contribution < 1.29 is 9.66 Å². The molecular formula is C18H21NO3. The van der Waals surface area contributed by atoms with Gasteiger partial charge in [0.15, 0.2) is 0 Å². The van der Waals surface area contributed by atoms with E-state index in [4.69, 9.17) is 4.74 Å². The zero-order valence-electron chi connectivity index (χ0n) is 12.8. The molecule has 0 unspecified atom stereocenters. The predicted molar refractivity (Wildman–Crippen MR) is 87.5 cm³/mol. The van der Waals surface area contributed by atoms with Crippen LogP contribution in [-0.4, -0.2) is 4.92 Å². The Bertz CT molecular complexity index is 591. The number of non-ortho nitro benzene ring substituents is 1. The van der Waals surface area contributed by atoms with Crippen LogP contribution in [0.25, 0.3) is 0 Å². The minimum atomic E-state index is -0.420. The molecule has 0 bridgehead atoms. The summed E-state index contributed by atoms with van der Waals surface area (Å²) in [5.74, 6) is 1.34. The van der Waals surface area contributed by atoms with Gasteiger partial charge >= 0.3 is 0 Å². The first-order chi connectivity index (χ1) is 10.7. The van der Waals surface area contributed by atoms with Crippen LogP contribution in [0.5, 0.6) is 11.5 Å². The number of nitrogens with zero attached hydrogens (tertiary/aromatic N) is 1. The highest BCUT2D eigenvalue weighted by Gasteiger charge is 2.05. The molecule has 2 aromatic carbocycles. The van der Waals surface area contributed by atoms with E-state index < -0.39 is 4.92 Å². The number of aryl methyl sites for hydroxylation is 1. The highest BCUT2D eigenvalue weighted by atomic mass is 16.6. The molecular weight excluding hydrogens is 278 g/mol. The smallest absolute Gasteiger partial charge is 0.269 e. The van der Waals surface area contributed by atoms with Gasteiger partial charge in [0.1, 0.15) is 11.5 Å². The molecule has 0 spiro atoms. The molecule has 116 valence electrons. The van der Waals surface area contributed by atoms with Crippen LogP contribution in [-0.2, 0) is 6.42 Å². The number of hydrogen-bond donors (Lipinski definition) is 0. The maximum atomic E-state index is 10.6. The van der Waals surface area contributed by atoms with Crippen molar-refractivity contribution in [2.24, 2.45) is 0 Å². The van der Waals surface area contributed by atoms with Gasteiger partial charge in [-0.05, 0) is 42.7 Å². The molecule has 0 saturated carbocycles. The molecule has 2 aromatic rings. The van der Waals surface area contributed by atoms with E-state index >= 15 is 0 Å². The molecule has 0 saturated heterocycles. The molecule has 0 aliphatic rings. The molecule has 0 heterocycles. The zero-order valence-corrected chi connectivity index (χ0v) is 12.8. The van der Waals surface area contributed by atoms with Gasteiger partial charge in [0.2, 0.25) is 0 Å². The number of unbranched alkanes of at least 4 members (excludes halogenated alkanes) is 3. The van der Waals surface area contributed by atoms with Crippen LogP contribution in [0.3, 0.4) is 0 Å². The van der Waals surface area contributed by atoms with E-state index in [2.05, 4.69) is 19.1 Å². The quantitative estimate of drug-likeness (QED) is 0.367. The van der Waals surface area contributed by atoms with Crippen LogP contribution in [0.2, 0.25) is 0 Å². The Morgan fingerprint density at radius 3 is 2.05 bits per heavy atom. The molecule has 0 aliphatic carbocycles. The topological polar surface area (TPSA) is 52.4 Å². The lowest BCUT2D eigenvalue weighted by Crippen LogP contribution is -1.89. The van der Waals surface area contributed by atoms with Gasteiger partial charge in [-0.2, -0.15) is 0 Å². The molecule has 0 amide bonds. The molecule has 2 rings (SSSR count). The molecule has 4 nitrogen and oxygen atoms in total. The van der Waals surface area contributed by atoms with Gasteiger partial charge in [0.05, 0.1) is 4.92 Å². The lowest BCUT2D eigenvalue weighted by molar-refractivity contribution is -0.384. The Labute approximate surface area is 130 Å². The van der Waals surface area contributed by atoms with E-state index in [1.54, 1.807) is 12.1 Å². The number of benzene rings is 2. The highest BCUT2D eigenvalue weighted by Crippen LogP contribution is 2.24. The molecule has 0 aromatic heterocycles. The van der Waals surface area contributed by atoms with Gasteiger partial charge in [0.25, 0.3) is 5.69 Å². The summed E-state index contributed by atoms with van der Waals surface area (Å²) in [7, 11) is 0. The second-order valence-electron chi connectivity index (χ2n) is 5.31. The molecule has 0 aliphatic heterocycles. The fraction of sp³-hybridized carbons (Fsp3) is 0.333. The molecule has 4 heteroatoms. The minimum absolute atomic E-state index is 0.0646. The van der Waals surface area contributed by atoms with Crippen molar-refractivity contribution >= 4 is 5.69 Å². The fourth-order valence-electron chi connectivity index (χ4n) is 2.25. The van der Waals surface area contributed by atoms with E-state index in [9.17, 15) is 10.1 Å². The molecule has 0 atom stereocenters. The Morgan fingerprint density at radius 2 is 1.50 bits per heavy atom. The third-order valence-corrected chi connectivity index (χ3v) is 3.53. The van der Waals surface area contributed by atoms with Gasteiger partial charge in [0, 0.05) is 12.1 Å². The molecule has 0 fully saturated rings. The number of nitro groups is 1. The molecule has 0 radical (unpaired) electrons. The summed E-state index contributed by atoms with van der Waals surface area (Å²) < 4.78 is 5.69. The number of ether oxygens (including phenoxy) is 1. The number of nitro benzene ring substituents is 1. The van der Waals surface area contributed by atoms with Crippen LogP contribution < -0.4 is 4.74 Å². The van der Waals surface area contributed by atoms with Crippen molar-refractivity contribution in [2.45, 2.75) is 39.0 Å². The van der Waals surface area contributed by atoms with E-state index in [0.717, 1.165) is 12.2 Å². The third kappa shape index (κ3) is 4.88. The van der Waals surface area contributed by atoms with Crippen molar-refractivity contribution in [1.82, 2.24) is 0 Å². The fourth-order valence-corrected chi connectivity index (χ4v) is 2.25. The van der Waals surface area contributed by atoms with E-state index in [1.165, 1.54) is 43.4 Å². The van der Waals surface area contributed by atoms with Crippen LogP contribution in [0, 0.1) is 10.1 Å². The number of rotatable bonds is 8. The first kappa shape index (κ1) is 16.0. The van der Waals surface area contributed by atoms with Crippen molar-refractivity contribution in [3.63, 3.8) is 0 Å². The monoisotopic (exact) mass is 299 g/mol. The van der Waals surface area contributed by atoms with Crippen molar-refractivity contribution in [2.75, 3.05) is 0 Å². The second-order valence-corrected chi connectivity index (χ2v) is 5.31. The zero-order chi connectivity index (χ0) is 15.8. The summed E-state index contributed by atoms with van der Waals surface area (Å²) in [6, 6.07) is 14.1. The van der Waals surface area contributed by atoms with Crippen molar-refractivity contribution in [1.29, 1.82) is 0 Å². The van der Waals surface area contributed by atoms with Crippen LogP contribution in [0.1, 0.15) is 38.2 Å². The second kappa shape index (κ2) is 8.17. The molecule has 0 N–H and O–H groups in total. The minimum Gasteiger partial charge on any atom is -0.457 e. The van der Waals surface area contributed by atoms with Crippen LogP contribution >= 0.6 is 0 Å². The van der Waals surface area contributed by atoms with Gasteiger partial charge in [-0.1, -0.05) is 38.3 Å². The summed E-state index contributed by atoms with van der Waals surface area (Å²) >= 11 is 0. The van der Waals surface area contributed by atoms with Gasteiger partial charge in [-0.15, -0.1) is 0 Å². The third-order valence-electron chi connectivity index (χ3n) is 3.53. The highest BCUT2D eigenvalue weighted by molar-refractivity contribution is 5.39. The van der Waals surface area contributed by atoms with E-state index in [1.807, 2.05) is 12.1 Å². The van der Waals surface area contributed by atoms with Gasteiger partial charge in [-0.25, -0.2) is 0 Å². The summed E-state index contributed by atoms with van der Waals surface area (Å²) in [5, 5.41) is 10.6. The summed E-state index contributed by atoms with van der Waals surface area (Å²) in [6.07, 6.45) is 6.13. The summed E-state index contributed by atoms with van der Waals surface area (Å²) in [5.41, 5.74) is 1.38. The first-order valence-electron chi connectivity index (χ1n) is 7.70. The van der Waals surface area contributed by atoms with Gasteiger partial charge < -0.3 is 4.74 Å². The van der Waals surface area contributed by atoms with Crippen molar-refractivity contribution in [3.8, 4) is 11.5 Å². The Balaban J connectivity index is 1.89. The maximum Gasteiger partial charge on any atom is 0.269 e. The standard InChI is InChI=1S/C18H21NO3/c1-2-3-4-5-6-15-7-11-17(12-8-15)22-18-13-9-16(10-14-18)19(20)21/h7-14H,2-6H2,1H3. The van der Waals surface area contributed by atoms with Crippen LogP contribution in [0.15, 0.2) is 48.5 Å². The maximum absolute atomic E-state index is 10.6. The largest absolute Gasteiger partial charge is 0.457 e. The Hall–Kier alpha value is -2.36. The normalized spacial score (nSPS) is 10.4. The Kier molecular flexibility index (Phi) is 5.95.